The number of hydrogen-bond donors (Lipinski definition) is 2. The van der Waals surface area contributed by atoms with Gasteiger partial charge in [-0.15, -0.1) is 10.2 Å². The van der Waals surface area contributed by atoms with E-state index in [-0.39, 0.29) is 5.56 Å². The molecule has 1 aliphatic rings. The van der Waals surface area contributed by atoms with Crippen molar-refractivity contribution in [3.8, 4) is 23.3 Å². The molecule has 0 aliphatic heterocycles. The van der Waals surface area contributed by atoms with Crippen molar-refractivity contribution in [2.45, 2.75) is 45.1 Å². The third-order valence-corrected chi connectivity index (χ3v) is 5.46. The zero-order valence-electron chi connectivity index (χ0n) is 17.6. The molecular weight excluding hydrogens is 398 g/mol. The molecule has 4 aromatic heterocycles. The van der Waals surface area contributed by atoms with Crippen LogP contribution in [0.2, 0.25) is 0 Å². The minimum absolute atomic E-state index is 0.198. The van der Waals surface area contributed by atoms with Crippen molar-refractivity contribution < 1.29 is 14.0 Å². The van der Waals surface area contributed by atoms with Crippen LogP contribution >= 0.6 is 0 Å². The Morgan fingerprint density at radius 2 is 2.10 bits per heavy atom. The van der Waals surface area contributed by atoms with Gasteiger partial charge in [-0.1, -0.05) is 17.0 Å². The van der Waals surface area contributed by atoms with Crippen LogP contribution in [0.1, 0.15) is 54.3 Å². The SMILES string of the molecule is Cc1cc([C@](C)(O)C#Cc2cn(C)c(=O)c3[nH]c(C)c(-c4nnc(C5CC5)o4)c23)no1. The topological polar surface area (TPSA) is 123 Å². The van der Waals surface area contributed by atoms with Crippen molar-refractivity contribution in [3.05, 3.63) is 51.2 Å². The fourth-order valence-corrected chi connectivity index (χ4v) is 3.59. The molecule has 1 atom stereocenters. The van der Waals surface area contributed by atoms with Crippen molar-refractivity contribution in [2.75, 3.05) is 0 Å². The molecular formula is C22H21N5O4. The van der Waals surface area contributed by atoms with Crippen LogP contribution in [-0.4, -0.2) is 30.0 Å². The van der Waals surface area contributed by atoms with Gasteiger partial charge >= 0.3 is 0 Å². The Morgan fingerprint density at radius 1 is 1.32 bits per heavy atom. The van der Waals surface area contributed by atoms with Crippen LogP contribution in [0.5, 0.6) is 0 Å². The first-order valence-corrected chi connectivity index (χ1v) is 9.99. The molecule has 1 saturated carbocycles. The maximum absolute atomic E-state index is 12.8. The number of nitrogens with zero attached hydrogens (tertiary/aromatic N) is 4. The second kappa shape index (κ2) is 6.68. The van der Waals surface area contributed by atoms with E-state index in [1.165, 1.54) is 4.57 Å². The summed E-state index contributed by atoms with van der Waals surface area (Å²) >= 11 is 0. The van der Waals surface area contributed by atoms with Crippen LogP contribution in [0.3, 0.4) is 0 Å². The Labute approximate surface area is 177 Å². The minimum Gasteiger partial charge on any atom is -0.420 e. The standard InChI is InChI=1S/C22H21N5O4/c1-11-9-15(26-31-11)22(3,29)8-7-14-10-27(4)21(28)18-17(14)16(12(2)23-18)20-25-24-19(30-20)13-5-6-13/h9-10,13,23,29H,5-6H2,1-4H3/t22-/m1/s1. The molecule has 0 saturated heterocycles. The largest absolute Gasteiger partial charge is 0.420 e. The predicted molar refractivity (Wildman–Crippen MR) is 111 cm³/mol. The number of fused-ring (bicyclic) bond motifs is 1. The number of H-pyrrole nitrogens is 1. The first-order chi connectivity index (χ1) is 14.7. The van der Waals surface area contributed by atoms with Gasteiger partial charge in [0, 0.05) is 36.3 Å². The van der Waals surface area contributed by atoms with E-state index in [1.807, 2.05) is 6.92 Å². The summed E-state index contributed by atoms with van der Waals surface area (Å²) in [5.41, 5.74) is 0.895. The highest BCUT2D eigenvalue weighted by molar-refractivity contribution is 5.99. The number of rotatable bonds is 3. The van der Waals surface area contributed by atoms with E-state index in [0.717, 1.165) is 18.5 Å². The molecule has 9 nitrogen and oxygen atoms in total. The van der Waals surface area contributed by atoms with Gasteiger partial charge in [0.25, 0.3) is 5.56 Å². The monoisotopic (exact) mass is 419 g/mol. The minimum atomic E-state index is -1.53. The van der Waals surface area contributed by atoms with Gasteiger partial charge in [-0.25, -0.2) is 0 Å². The van der Waals surface area contributed by atoms with Crippen LogP contribution < -0.4 is 5.56 Å². The number of pyridine rings is 1. The summed E-state index contributed by atoms with van der Waals surface area (Å²) in [7, 11) is 1.65. The van der Waals surface area contributed by atoms with Gasteiger partial charge in [0.1, 0.15) is 17.0 Å². The summed E-state index contributed by atoms with van der Waals surface area (Å²) < 4.78 is 12.4. The highest BCUT2D eigenvalue weighted by Gasteiger charge is 2.31. The Bertz CT molecular complexity index is 1440. The highest BCUT2D eigenvalue weighted by Crippen LogP contribution is 2.41. The van der Waals surface area contributed by atoms with Gasteiger partial charge < -0.3 is 23.6 Å². The highest BCUT2D eigenvalue weighted by atomic mass is 16.5. The van der Waals surface area contributed by atoms with Gasteiger partial charge in [0.05, 0.1) is 11.1 Å². The molecule has 4 heterocycles. The second-order valence-corrected chi connectivity index (χ2v) is 8.20. The fraction of sp³-hybridized carbons (Fsp3) is 0.364. The molecule has 9 heteroatoms. The van der Waals surface area contributed by atoms with Gasteiger partial charge in [0.2, 0.25) is 11.8 Å². The zero-order chi connectivity index (χ0) is 21.9. The quantitative estimate of drug-likeness (QED) is 0.489. The van der Waals surface area contributed by atoms with Crippen LogP contribution in [-0.2, 0) is 12.6 Å². The van der Waals surface area contributed by atoms with Crippen molar-refractivity contribution in [2.24, 2.45) is 7.05 Å². The molecule has 0 radical (unpaired) electrons. The fourth-order valence-electron chi connectivity index (χ4n) is 3.59. The van der Waals surface area contributed by atoms with Crippen molar-refractivity contribution in [1.82, 2.24) is 24.9 Å². The molecule has 0 spiro atoms. The van der Waals surface area contributed by atoms with E-state index in [1.54, 1.807) is 33.2 Å². The van der Waals surface area contributed by atoms with Crippen molar-refractivity contribution >= 4 is 10.9 Å². The molecule has 158 valence electrons. The summed E-state index contributed by atoms with van der Waals surface area (Å²) in [6.45, 7) is 5.13. The van der Waals surface area contributed by atoms with Crippen LogP contribution in [0.25, 0.3) is 22.4 Å². The smallest absolute Gasteiger partial charge is 0.274 e. The van der Waals surface area contributed by atoms with E-state index in [0.29, 0.717) is 51.2 Å². The number of aromatic nitrogens is 5. The summed E-state index contributed by atoms with van der Waals surface area (Å²) in [6.07, 6.45) is 3.72. The number of aryl methyl sites for hydroxylation is 3. The third-order valence-electron chi connectivity index (χ3n) is 5.46. The van der Waals surface area contributed by atoms with Gasteiger partial charge in [-0.05, 0) is 33.6 Å². The lowest BCUT2D eigenvalue weighted by Crippen LogP contribution is -2.19. The average Bonchev–Trinajstić information content (AvgIpc) is 3.12. The summed E-state index contributed by atoms with van der Waals surface area (Å²) in [4.78, 5) is 15.9. The van der Waals surface area contributed by atoms with E-state index in [2.05, 4.69) is 32.2 Å². The summed E-state index contributed by atoms with van der Waals surface area (Å²) in [5.74, 6) is 7.73. The second-order valence-electron chi connectivity index (χ2n) is 8.20. The Kier molecular flexibility index (Phi) is 4.17. The Hall–Kier alpha value is -3.64. The third kappa shape index (κ3) is 3.25. The molecule has 0 aromatic carbocycles. The van der Waals surface area contributed by atoms with E-state index in [9.17, 15) is 9.90 Å². The molecule has 5 rings (SSSR count). The number of aliphatic hydroxyl groups is 1. The molecule has 4 aromatic rings. The molecule has 0 unspecified atom stereocenters. The first kappa shape index (κ1) is 19.3. The van der Waals surface area contributed by atoms with Gasteiger partial charge in [0.15, 0.2) is 5.60 Å². The number of aromatic amines is 1. The molecule has 31 heavy (non-hydrogen) atoms. The molecule has 1 aliphatic carbocycles. The number of nitrogens with one attached hydrogen (secondary N) is 1. The normalized spacial score (nSPS) is 15.6. The predicted octanol–water partition coefficient (Wildman–Crippen LogP) is 2.66. The zero-order valence-corrected chi connectivity index (χ0v) is 17.6. The van der Waals surface area contributed by atoms with Crippen LogP contribution in [0.15, 0.2) is 26.0 Å². The molecule has 1 fully saturated rings. The molecule has 2 N–H and O–H groups in total. The Balaban J connectivity index is 1.70. The summed E-state index contributed by atoms with van der Waals surface area (Å²) in [5, 5.41) is 23.6. The van der Waals surface area contributed by atoms with E-state index < -0.39 is 5.60 Å². The van der Waals surface area contributed by atoms with E-state index >= 15 is 0 Å². The van der Waals surface area contributed by atoms with E-state index in [4.69, 9.17) is 8.94 Å². The number of hydrogen-bond acceptors (Lipinski definition) is 7. The molecule has 0 amide bonds. The lowest BCUT2D eigenvalue weighted by Gasteiger charge is -2.11. The lowest BCUT2D eigenvalue weighted by molar-refractivity contribution is 0.112. The summed E-state index contributed by atoms with van der Waals surface area (Å²) in [6, 6.07) is 1.63. The molecule has 0 bridgehead atoms. The van der Waals surface area contributed by atoms with Crippen LogP contribution in [0, 0.1) is 25.7 Å². The maximum Gasteiger partial charge on any atom is 0.274 e. The van der Waals surface area contributed by atoms with Crippen molar-refractivity contribution in [3.63, 3.8) is 0 Å². The average molecular weight is 419 g/mol. The Morgan fingerprint density at radius 3 is 2.77 bits per heavy atom. The van der Waals surface area contributed by atoms with Crippen molar-refractivity contribution in [1.29, 1.82) is 0 Å². The van der Waals surface area contributed by atoms with Gasteiger partial charge in [-0.2, -0.15) is 0 Å². The lowest BCUT2D eigenvalue weighted by atomic mass is 10.0. The van der Waals surface area contributed by atoms with Crippen LogP contribution in [0.4, 0.5) is 0 Å². The van der Waals surface area contributed by atoms with Gasteiger partial charge in [-0.3, -0.25) is 4.79 Å². The first-order valence-electron chi connectivity index (χ1n) is 9.99. The maximum atomic E-state index is 12.8.